The number of halogens is 1. The van der Waals surface area contributed by atoms with Gasteiger partial charge in [0.05, 0.1) is 13.2 Å². The van der Waals surface area contributed by atoms with Crippen molar-refractivity contribution in [1.82, 2.24) is 10.6 Å². The number of amides is 2. The van der Waals surface area contributed by atoms with Crippen LogP contribution in [-0.2, 0) is 6.42 Å². The van der Waals surface area contributed by atoms with Crippen molar-refractivity contribution in [3.05, 3.63) is 59.1 Å². The van der Waals surface area contributed by atoms with Crippen molar-refractivity contribution in [3.63, 3.8) is 0 Å². The number of hydrogen-bond acceptors (Lipinski definition) is 3. The van der Waals surface area contributed by atoms with E-state index in [-0.39, 0.29) is 6.03 Å². The van der Waals surface area contributed by atoms with Gasteiger partial charge in [-0.15, -0.1) is 0 Å². The van der Waals surface area contributed by atoms with Crippen molar-refractivity contribution < 1.29 is 14.3 Å². The number of carbonyl (C=O) groups excluding carboxylic acids is 1. The van der Waals surface area contributed by atoms with Crippen molar-refractivity contribution in [3.8, 4) is 11.5 Å². The van der Waals surface area contributed by atoms with E-state index in [9.17, 15) is 4.79 Å². The van der Waals surface area contributed by atoms with Crippen molar-refractivity contribution in [1.29, 1.82) is 0 Å². The Kier molecular flexibility index (Phi) is 7.92. The Morgan fingerprint density at radius 2 is 1.72 bits per heavy atom. The Bertz CT molecular complexity index is 679. The summed E-state index contributed by atoms with van der Waals surface area (Å²) in [5.74, 6) is 1.49. The standard InChI is InChI=1S/C19H23ClN2O3/c1-2-24-17-7-4-8-18(14-17)25-12-11-22-19(23)21-10-9-15-5-3-6-16(20)13-15/h3-8,13-14H,2,9-12H2,1H3,(H2,21,22,23). The van der Waals surface area contributed by atoms with E-state index < -0.39 is 0 Å². The molecule has 0 saturated heterocycles. The minimum absolute atomic E-state index is 0.214. The smallest absolute Gasteiger partial charge is 0.314 e. The third-order valence-electron chi connectivity index (χ3n) is 3.36. The molecule has 6 heteroatoms. The lowest BCUT2D eigenvalue weighted by atomic mass is 10.1. The van der Waals surface area contributed by atoms with Crippen LogP contribution < -0.4 is 20.1 Å². The number of nitrogens with one attached hydrogen (secondary N) is 2. The molecule has 2 aromatic rings. The van der Waals surface area contributed by atoms with E-state index in [2.05, 4.69) is 10.6 Å². The fraction of sp³-hybridized carbons (Fsp3) is 0.316. The fourth-order valence-corrected chi connectivity index (χ4v) is 2.44. The van der Waals surface area contributed by atoms with E-state index in [4.69, 9.17) is 21.1 Å². The first-order valence-corrected chi connectivity index (χ1v) is 8.67. The molecule has 2 N–H and O–H groups in total. The summed E-state index contributed by atoms with van der Waals surface area (Å²) in [5.41, 5.74) is 1.09. The largest absolute Gasteiger partial charge is 0.494 e. The number of urea groups is 1. The van der Waals surface area contributed by atoms with Gasteiger partial charge in [-0.05, 0) is 43.2 Å². The summed E-state index contributed by atoms with van der Waals surface area (Å²) >= 11 is 5.93. The van der Waals surface area contributed by atoms with E-state index in [1.165, 1.54) is 0 Å². The molecule has 0 spiro atoms. The molecule has 0 radical (unpaired) electrons. The number of benzene rings is 2. The van der Waals surface area contributed by atoms with E-state index in [0.29, 0.717) is 37.1 Å². The van der Waals surface area contributed by atoms with E-state index >= 15 is 0 Å². The molecular formula is C19H23ClN2O3. The highest BCUT2D eigenvalue weighted by molar-refractivity contribution is 6.30. The quantitative estimate of drug-likeness (QED) is 0.669. The molecule has 0 aliphatic heterocycles. The lowest BCUT2D eigenvalue weighted by Crippen LogP contribution is -2.38. The normalized spacial score (nSPS) is 10.2. The Labute approximate surface area is 153 Å². The van der Waals surface area contributed by atoms with Crippen LogP contribution in [0.4, 0.5) is 4.79 Å². The summed E-state index contributed by atoms with van der Waals surface area (Å²) in [6.07, 6.45) is 0.731. The summed E-state index contributed by atoms with van der Waals surface area (Å²) < 4.78 is 11.0. The molecule has 0 atom stereocenters. The molecule has 2 rings (SSSR count). The number of ether oxygens (including phenoxy) is 2. The minimum Gasteiger partial charge on any atom is -0.494 e. The van der Waals surface area contributed by atoms with E-state index in [1.807, 2.05) is 55.5 Å². The maximum Gasteiger partial charge on any atom is 0.314 e. The van der Waals surface area contributed by atoms with E-state index in [1.54, 1.807) is 0 Å². The molecule has 0 aliphatic rings. The highest BCUT2D eigenvalue weighted by atomic mass is 35.5. The van der Waals surface area contributed by atoms with Gasteiger partial charge in [-0.1, -0.05) is 29.8 Å². The van der Waals surface area contributed by atoms with Gasteiger partial charge in [0.25, 0.3) is 0 Å². The van der Waals surface area contributed by atoms with Crippen LogP contribution >= 0.6 is 11.6 Å². The number of carbonyl (C=O) groups is 1. The highest BCUT2D eigenvalue weighted by Gasteiger charge is 2.01. The van der Waals surface area contributed by atoms with Crippen molar-refractivity contribution in [2.45, 2.75) is 13.3 Å². The van der Waals surface area contributed by atoms with Gasteiger partial charge >= 0.3 is 6.03 Å². The first-order chi connectivity index (χ1) is 12.2. The third-order valence-corrected chi connectivity index (χ3v) is 3.60. The molecule has 2 aromatic carbocycles. The molecular weight excluding hydrogens is 340 g/mol. The maximum atomic E-state index is 11.7. The Hall–Kier alpha value is -2.40. The second-order valence-corrected chi connectivity index (χ2v) is 5.76. The average Bonchev–Trinajstić information content (AvgIpc) is 2.60. The summed E-state index contributed by atoms with van der Waals surface area (Å²) in [4.78, 5) is 11.7. The molecule has 0 unspecified atom stereocenters. The lowest BCUT2D eigenvalue weighted by molar-refractivity contribution is 0.236. The van der Waals surface area contributed by atoms with Crippen molar-refractivity contribution in [2.24, 2.45) is 0 Å². The summed E-state index contributed by atoms with van der Waals surface area (Å²) in [6.45, 7) is 3.89. The zero-order valence-electron chi connectivity index (χ0n) is 14.3. The van der Waals surface area contributed by atoms with Crippen LogP contribution in [0.3, 0.4) is 0 Å². The average molecular weight is 363 g/mol. The molecule has 0 heterocycles. The molecule has 5 nitrogen and oxygen atoms in total. The van der Waals surface area contributed by atoms with Gasteiger partial charge in [0.15, 0.2) is 0 Å². The SMILES string of the molecule is CCOc1cccc(OCCNC(=O)NCCc2cccc(Cl)c2)c1. The van der Waals surface area contributed by atoms with Crippen LogP contribution in [-0.4, -0.2) is 32.3 Å². The molecule has 0 fully saturated rings. The van der Waals surface area contributed by atoms with Gasteiger partial charge in [-0.3, -0.25) is 0 Å². The Morgan fingerprint density at radius 3 is 2.48 bits per heavy atom. The molecule has 2 amide bonds. The monoisotopic (exact) mass is 362 g/mol. The second kappa shape index (κ2) is 10.5. The van der Waals surface area contributed by atoms with Gasteiger partial charge in [-0.2, -0.15) is 0 Å². The predicted octanol–water partition coefficient (Wildman–Crippen LogP) is 3.66. The van der Waals surface area contributed by atoms with Crippen LogP contribution in [0.5, 0.6) is 11.5 Å². The number of rotatable bonds is 9. The highest BCUT2D eigenvalue weighted by Crippen LogP contribution is 2.19. The van der Waals surface area contributed by atoms with Gasteiger partial charge in [0.1, 0.15) is 18.1 Å². The summed E-state index contributed by atoms with van der Waals surface area (Å²) in [5, 5.41) is 6.27. The zero-order chi connectivity index (χ0) is 17.9. The molecule has 25 heavy (non-hydrogen) atoms. The fourth-order valence-electron chi connectivity index (χ4n) is 2.23. The van der Waals surface area contributed by atoms with Crippen LogP contribution in [0.25, 0.3) is 0 Å². The van der Waals surface area contributed by atoms with Crippen LogP contribution in [0, 0.1) is 0 Å². The third kappa shape index (κ3) is 7.35. The molecule has 0 aromatic heterocycles. The van der Waals surface area contributed by atoms with Gasteiger partial charge in [0, 0.05) is 17.6 Å². The molecule has 0 saturated carbocycles. The first-order valence-electron chi connectivity index (χ1n) is 8.29. The lowest BCUT2D eigenvalue weighted by Gasteiger charge is -2.10. The van der Waals surface area contributed by atoms with Crippen LogP contribution in [0.2, 0.25) is 5.02 Å². The predicted molar refractivity (Wildman–Crippen MR) is 99.7 cm³/mol. The maximum absolute atomic E-state index is 11.7. The van der Waals surface area contributed by atoms with Crippen LogP contribution in [0.15, 0.2) is 48.5 Å². The van der Waals surface area contributed by atoms with Gasteiger partial charge in [-0.25, -0.2) is 4.79 Å². The van der Waals surface area contributed by atoms with Crippen molar-refractivity contribution >= 4 is 17.6 Å². The Morgan fingerprint density at radius 1 is 1.00 bits per heavy atom. The zero-order valence-corrected chi connectivity index (χ0v) is 15.0. The van der Waals surface area contributed by atoms with Gasteiger partial charge in [0.2, 0.25) is 0 Å². The topological polar surface area (TPSA) is 59.6 Å². The first kappa shape index (κ1) is 18.9. The summed E-state index contributed by atoms with van der Waals surface area (Å²) in [6, 6.07) is 14.8. The molecule has 0 aliphatic carbocycles. The summed E-state index contributed by atoms with van der Waals surface area (Å²) in [7, 11) is 0. The minimum atomic E-state index is -0.214. The molecule has 134 valence electrons. The number of hydrogen-bond donors (Lipinski definition) is 2. The van der Waals surface area contributed by atoms with Crippen LogP contribution in [0.1, 0.15) is 12.5 Å². The van der Waals surface area contributed by atoms with E-state index in [0.717, 1.165) is 17.7 Å². The Balaban J connectivity index is 1.60. The second-order valence-electron chi connectivity index (χ2n) is 5.32. The molecule has 0 bridgehead atoms. The van der Waals surface area contributed by atoms with Gasteiger partial charge < -0.3 is 20.1 Å². The van der Waals surface area contributed by atoms with Crippen molar-refractivity contribution in [2.75, 3.05) is 26.3 Å².